The Bertz CT molecular complexity index is 401. The van der Waals surface area contributed by atoms with Crippen LogP contribution in [0, 0.1) is 11.6 Å². The number of rotatable bonds is 0. The zero-order chi connectivity index (χ0) is 10.3. The molecule has 0 aromatic heterocycles. The molecule has 2 nitrogen and oxygen atoms in total. The average Bonchev–Trinajstić information content (AvgIpc) is 2.17. The quantitative estimate of drug-likeness (QED) is 0.645. The van der Waals surface area contributed by atoms with Crippen LogP contribution in [0.3, 0.4) is 0 Å². The molecule has 2 rings (SSSR count). The van der Waals surface area contributed by atoms with Gasteiger partial charge in [-0.25, -0.2) is 4.39 Å². The molecule has 1 aliphatic heterocycles. The van der Waals surface area contributed by atoms with Gasteiger partial charge in [0.2, 0.25) is 5.82 Å². The lowest BCUT2D eigenvalue weighted by atomic mass is 9.99. The van der Waals surface area contributed by atoms with Crippen molar-refractivity contribution in [3.05, 3.63) is 41.5 Å². The Morgan fingerprint density at radius 1 is 1.43 bits per heavy atom. The average molecular weight is 198 g/mol. The van der Waals surface area contributed by atoms with E-state index in [-0.39, 0.29) is 17.9 Å². The smallest absolute Gasteiger partial charge is 0.201 e. The van der Waals surface area contributed by atoms with E-state index >= 15 is 0 Å². The van der Waals surface area contributed by atoms with Crippen molar-refractivity contribution in [2.75, 3.05) is 6.61 Å². The molecule has 0 aliphatic carbocycles. The number of hydrogen-bond acceptors (Lipinski definition) is 2. The summed E-state index contributed by atoms with van der Waals surface area (Å²) in [5.74, 6) is -2.26. The molecule has 1 atom stereocenters. The minimum absolute atomic E-state index is 0.00847. The Morgan fingerprint density at radius 3 is 2.86 bits per heavy atom. The van der Waals surface area contributed by atoms with E-state index in [0.29, 0.717) is 5.57 Å². The van der Waals surface area contributed by atoms with Crippen LogP contribution in [-0.4, -0.2) is 11.7 Å². The van der Waals surface area contributed by atoms with E-state index in [4.69, 9.17) is 4.74 Å². The third kappa shape index (κ3) is 1.19. The second-order valence-electron chi connectivity index (χ2n) is 3.13. The molecule has 0 saturated carbocycles. The van der Waals surface area contributed by atoms with Crippen LogP contribution in [0.2, 0.25) is 0 Å². The number of ether oxygens (including phenoxy) is 1. The third-order valence-electron chi connectivity index (χ3n) is 2.16. The number of fused-ring (bicyclic) bond motifs is 1. The van der Waals surface area contributed by atoms with E-state index in [2.05, 4.69) is 6.58 Å². The van der Waals surface area contributed by atoms with Crippen molar-refractivity contribution in [3.63, 3.8) is 0 Å². The summed E-state index contributed by atoms with van der Waals surface area (Å²) < 4.78 is 30.9. The van der Waals surface area contributed by atoms with Crippen molar-refractivity contribution in [1.82, 2.24) is 0 Å². The normalized spacial score (nSPS) is 20.2. The maximum atomic E-state index is 13.1. The molecule has 1 aromatic carbocycles. The highest BCUT2D eigenvalue weighted by atomic mass is 19.2. The zero-order valence-electron chi connectivity index (χ0n) is 7.26. The van der Waals surface area contributed by atoms with E-state index in [1.807, 2.05) is 0 Å². The van der Waals surface area contributed by atoms with Gasteiger partial charge in [-0.3, -0.25) is 0 Å². The van der Waals surface area contributed by atoms with E-state index in [1.54, 1.807) is 0 Å². The Labute approximate surface area is 79.4 Å². The second-order valence-corrected chi connectivity index (χ2v) is 3.13. The lowest BCUT2D eigenvalue weighted by molar-refractivity contribution is 0.166. The summed E-state index contributed by atoms with van der Waals surface area (Å²) in [7, 11) is 0. The van der Waals surface area contributed by atoms with Crippen molar-refractivity contribution in [2.24, 2.45) is 0 Å². The first-order valence-corrected chi connectivity index (χ1v) is 4.07. The summed E-state index contributed by atoms with van der Waals surface area (Å²) in [6.07, 6.45) is -0.978. The van der Waals surface area contributed by atoms with Crippen LogP contribution in [0.4, 0.5) is 8.78 Å². The van der Waals surface area contributed by atoms with Gasteiger partial charge < -0.3 is 9.84 Å². The SMILES string of the molecule is C=C1COc2c(ccc(F)c2F)C1O. The van der Waals surface area contributed by atoms with Gasteiger partial charge in [0.05, 0.1) is 0 Å². The number of benzene rings is 1. The molecule has 1 heterocycles. The van der Waals surface area contributed by atoms with Crippen molar-refractivity contribution in [3.8, 4) is 5.75 Å². The monoisotopic (exact) mass is 198 g/mol. The minimum atomic E-state index is -1.06. The van der Waals surface area contributed by atoms with Gasteiger partial charge in [-0.2, -0.15) is 4.39 Å². The predicted molar refractivity (Wildman–Crippen MR) is 46.0 cm³/mol. The minimum Gasteiger partial charge on any atom is -0.486 e. The van der Waals surface area contributed by atoms with Gasteiger partial charge in [0, 0.05) is 5.56 Å². The second kappa shape index (κ2) is 3.06. The zero-order valence-corrected chi connectivity index (χ0v) is 7.26. The van der Waals surface area contributed by atoms with Crippen LogP contribution in [0.5, 0.6) is 5.75 Å². The fourth-order valence-electron chi connectivity index (χ4n) is 1.37. The fraction of sp³-hybridized carbons (Fsp3) is 0.200. The highest BCUT2D eigenvalue weighted by Gasteiger charge is 2.26. The lowest BCUT2D eigenvalue weighted by Crippen LogP contribution is -2.18. The van der Waals surface area contributed by atoms with Crippen molar-refractivity contribution in [1.29, 1.82) is 0 Å². The van der Waals surface area contributed by atoms with Gasteiger partial charge in [0.25, 0.3) is 0 Å². The Hall–Kier alpha value is -1.42. The molecular weight excluding hydrogens is 190 g/mol. The molecule has 0 spiro atoms. The molecule has 1 unspecified atom stereocenters. The van der Waals surface area contributed by atoms with Crippen LogP contribution < -0.4 is 4.74 Å². The van der Waals surface area contributed by atoms with E-state index in [1.165, 1.54) is 6.07 Å². The first-order valence-electron chi connectivity index (χ1n) is 4.07. The molecule has 0 saturated heterocycles. The molecule has 14 heavy (non-hydrogen) atoms. The summed E-state index contributed by atoms with van der Waals surface area (Å²) in [5, 5.41) is 9.58. The van der Waals surface area contributed by atoms with Gasteiger partial charge in [0.1, 0.15) is 12.7 Å². The molecule has 74 valence electrons. The molecule has 0 fully saturated rings. The van der Waals surface area contributed by atoms with Crippen LogP contribution in [0.25, 0.3) is 0 Å². The number of aliphatic hydroxyl groups excluding tert-OH is 1. The van der Waals surface area contributed by atoms with Crippen molar-refractivity contribution >= 4 is 0 Å². The van der Waals surface area contributed by atoms with Crippen LogP contribution in [-0.2, 0) is 0 Å². The molecule has 0 amide bonds. The summed E-state index contributed by atoms with van der Waals surface area (Å²) >= 11 is 0. The first kappa shape index (κ1) is 9.15. The van der Waals surface area contributed by atoms with E-state index < -0.39 is 17.7 Å². The molecule has 4 heteroatoms. The number of aliphatic hydroxyl groups is 1. The molecular formula is C10H8F2O2. The summed E-state index contributed by atoms with van der Waals surface area (Å²) in [6.45, 7) is 3.56. The van der Waals surface area contributed by atoms with Gasteiger partial charge in [0.15, 0.2) is 11.6 Å². The maximum absolute atomic E-state index is 13.1. The largest absolute Gasteiger partial charge is 0.486 e. The van der Waals surface area contributed by atoms with E-state index in [0.717, 1.165) is 6.07 Å². The molecule has 1 aliphatic rings. The van der Waals surface area contributed by atoms with Gasteiger partial charge >= 0.3 is 0 Å². The van der Waals surface area contributed by atoms with Crippen LogP contribution >= 0.6 is 0 Å². The molecule has 0 radical (unpaired) electrons. The number of hydrogen-bond donors (Lipinski definition) is 1. The first-order chi connectivity index (χ1) is 6.61. The molecule has 0 bridgehead atoms. The maximum Gasteiger partial charge on any atom is 0.201 e. The van der Waals surface area contributed by atoms with Gasteiger partial charge in [-0.1, -0.05) is 6.58 Å². The number of halogens is 2. The van der Waals surface area contributed by atoms with Crippen molar-refractivity contribution in [2.45, 2.75) is 6.10 Å². The third-order valence-corrected chi connectivity index (χ3v) is 2.16. The van der Waals surface area contributed by atoms with E-state index in [9.17, 15) is 13.9 Å². The van der Waals surface area contributed by atoms with Crippen LogP contribution in [0.15, 0.2) is 24.3 Å². The highest BCUT2D eigenvalue weighted by molar-refractivity contribution is 5.43. The Balaban J connectivity index is 2.59. The predicted octanol–water partition coefficient (Wildman–Crippen LogP) is 1.95. The fourth-order valence-corrected chi connectivity index (χ4v) is 1.37. The van der Waals surface area contributed by atoms with Crippen LogP contribution in [0.1, 0.15) is 11.7 Å². The summed E-state index contributed by atoms with van der Waals surface area (Å²) in [5.41, 5.74) is 0.656. The lowest BCUT2D eigenvalue weighted by Gasteiger charge is -2.24. The van der Waals surface area contributed by atoms with Crippen molar-refractivity contribution < 1.29 is 18.6 Å². The Morgan fingerprint density at radius 2 is 2.14 bits per heavy atom. The summed E-state index contributed by atoms with van der Waals surface area (Å²) in [6, 6.07) is 2.25. The molecule has 1 N–H and O–H groups in total. The van der Waals surface area contributed by atoms with Gasteiger partial charge in [-0.05, 0) is 17.7 Å². The standard InChI is InChI=1S/C10H8F2O2/c1-5-4-14-10-6(9(5)13)2-3-7(11)8(10)12/h2-3,9,13H,1,4H2. The molecule has 1 aromatic rings. The van der Waals surface area contributed by atoms with Gasteiger partial charge in [-0.15, -0.1) is 0 Å². The highest BCUT2D eigenvalue weighted by Crippen LogP contribution is 2.36. The topological polar surface area (TPSA) is 29.5 Å². The summed E-state index contributed by atoms with van der Waals surface area (Å²) in [4.78, 5) is 0. The Kier molecular flexibility index (Phi) is 2.00.